The van der Waals surface area contributed by atoms with E-state index in [1.807, 2.05) is 31.2 Å². The molecule has 1 N–H and O–H groups in total. The van der Waals surface area contributed by atoms with Crippen LogP contribution in [0.2, 0.25) is 0 Å². The normalized spacial score (nSPS) is 11.0. The summed E-state index contributed by atoms with van der Waals surface area (Å²) in [7, 11) is -3.55. The highest BCUT2D eigenvalue weighted by Gasteiger charge is 2.19. The number of para-hydroxylation sites is 1. The molecule has 8 heteroatoms. The zero-order chi connectivity index (χ0) is 24.0. The number of sulfonamides is 1. The minimum atomic E-state index is -3.55. The molecule has 0 aromatic heterocycles. The molecule has 33 heavy (non-hydrogen) atoms. The molecular formula is C25H26N2O5S. The topological polar surface area (TPSA) is 92.8 Å². The molecule has 3 rings (SSSR count). The maximum atomic E-state index is 12.8. The number of carbonyl (C=O) groups is 2. The number of hydrogen-bond donors (Lipinski definition) is 1. The molecule has 0 fully saturated rings. The molecule has 0 spiro atoms. The van der Waals surface area contributed by atoms with Crippen molar-refractivity contribution in [3.63, 3.8) is 0 Å². The molecule has 1 amide bonds. The van der Waals surface area contributed by atoms with Crippen LogP contribution < -0.4 is 9.62 Å². The van der Waals surface area contributed by atoms with E-state index < -0.39 is 21.9 Å². The van der Waals surface area contributed by atoms with Gasteiger partial charge in [-0.15, -0.1) is 0 Å². The van der Waals surface area contributed by atoms with Crippen molar-refractivity contribution in [1.29, 1.82) is 0 Å². The summed E-state index contributed by atoms with van der Waals surface area (Å²) in [6, 6.07) is 20.5. The van der Waals surface area contributed by atoms with Gasteiger partial charge in [0, 0.05) is 5.56 Å². The van der Waals surface area contributed by atoms with Crippen LogP contribution in [-0.4, -0.2) is 33.2 Å². The highest BCUT2D eigenvalue weighted by atomic mass is 32.2. The Labute approximate surface area is 194 Å². The lowest BCUT2D eigenvalue weighted by molar-refractivity contribution is 0.0527. The molecule has 7 nitrogen and oxygen atoms in total. The second kappa shape index (κ2) is 10.3. The Morgan fingerprint density at radius 2 is 1.58 bits per heavy atom. The van der Waals surface area contributed by atoms with Crippen molar-refractivity contribution in [2.45, 2.75) is 20.4 Å². The minimum Gasteiger partial charge on any atom is -0.462 e. The smallest absolute Gasteiger partial charge is 0.340 e. The van der Waals surface area contributed by atoms with Gasteiger partial charge in [-0.2, -0.15) is 0 Å². The van der Waals surface area contributed by atoms with Crippen LogP contribution in [0.4, 0.5) is 11.4 Å². The van der Waals surface area contributed by atoms with Crippen molar-refractivity contribution in [3.8, 4) is 0 Å². The van der Waals surface area contributed by atoms with E-state index >= 15 is 0 Å². The van der Waals surface area contributed by atoms with Crippen molar-refractivity contribution >= 4 is 33.3 Å². The van der Waals surface area contributed by atoms with Crippen molar-refractivity contribution in [3.05, 3.63) is 95.1 Å². The number of hydrogen-bond acceptors (Lipinski definition) is 5. The summed E-state index contributed by atoms with van der Waals surface area (Å²) >= 11 is 0. The monoisotopic (exact) mass is 466 g/mol. The Hall–Kier alpha value is -3.65. The van der Waals surface area contributed by atoms with E-state index in [1.165, 1.54) is 4.31 Å². The lowest BCUT2D eigenvalue weighted by Crippen LogP contribution is -2.29. The first kappa shape index (κ1) is 24.0. The SMILES string of the molecule is CCOC(=O)c1ccccc1NC(=O)c1ccc(N(Cc2ccc(C)cc2)S(C)(=O)=O)cc1. The van der Waals surface area contributed by atoms with Crippen LogP contribution in [0, 0.1) is 6.92 Å². The maximum Gasteiger partial charge on any atom is 0.340 e. The average Bonchev–Trinajstić information content (AvgIpc) is 2.78. The van der Waals surface area contributed by atoms with E-state index in [4.69, 9.17) is 4.74 Å². The molecule has 0 aliphatic carbocycles. The first-order valence-corrected chi connectivity index (χ1v) is 12.2. The molecule has 0 unspecified atom stereocenters. The molecule has 0 heterocycles. The third-order valence-electron chi connectivity index (χ3n) is 4.94. The molecule has 0 aliphatic heterocycles. The fourth-order valence-electron chi connectivity index (χ4n) is 3.21. The van der Waals surface area contributed by atoms with Gasteiger partial charge in [0.05, 0.1) is 36.3 Å². The van der Waals surface area contributed by atoms with Crippen molar-refractivity contribution < 1.29 is 22.7 Å². The van der Waals surface area contributed by atoms with Gasteiger partial charge in [0.2, 0.25) is 10.0 Å². The fourth-order valence-corrected chi connectivity index (χ4v) is 4.10. The summed E-state index contributed by atoms with van der Waals surface area (Å²) in [4.78, 5) is 24.9. The quantitative estimate of drug-likeness (QED) is 0.497. The number of amides is 1. The second-order valence-electron chi connectivity index (χ2n) is 7.52. The molecule has 0 bridgehead atoms. The van der Waals surface area contributed by atoms with Crippen LogP contribution in [0.25, 0.3) is 0 Å². The standard InChI is InChI=1S/C25H26N2O5S/c1-4-32-25(29)22-7-5-6-8-23(22)26-24(28)20-13-15-21(16-14-20)27(33(3,30)31)17-19-11-9-18(2)10-12-19/h5-16H,4,17H2,1-3H3,(H,26,28). The predicted octanol–water partition coefficient (Wildman–Crippen LogP) is 4.39. The molecule has 0 atom stereocenters. The van der Waals surface area contributed by atoms with E-state index in [9.17, 15) is 18.0 Å². The first-order chi connectivity index (χ1) is 15.7. The van der Waals surface area contributed by atoms with Crippen LogP contribution in [0.15, 0.2) is 72.8 Å². The summed E-state index contributed by atoms with van der Waals surface area (Å²) in [5.41, 5.74) is 3.29. The van der Waals surface area contributed by atoms with Gasteiger partial charge in [0.1, 0.15) is 0 Å². The van der Waals surface area contributed by atoms with Crippen molar-refractivity contribution in [2.24, 2.45) is 0 Å². The van der Waals surface area contributed by atoms with Gasteiger partial charge in [-0.1, -0.05) is 42.0 Å². The van der Waals surface area contributed by atoms with Gasteiger partial charge in [-0.25, -0.2) is 13.2 Å². The molecule has 172 valence electrons. The molecule has 3 aromatic carbocycles. The Balaban J connectivity index is 1.80. The van der Waals surface area contributed by atoms with Gasteiger partial charge in [0.25, 0.3) is 5.91 Å². The molecule has 0 radical (unpaired) electrons. The first-order valence-electron chi connectivity index (χ1n) is 10.4. The minimum absolute atomic E-state index is 0.178. The molecule has 0 aliphatic rings. The Morgan fingerprint density at radius 1 is 0.939 bits per heavy atom. The molecule has 0 saturated carbocycles. The molecule has 0 saturated heterocycles. The van der Waals surface area contributed by atoms with Crippen molar-refractivity contribution in [2.75, 3.05) is 22.5 Å². The average molecular weight is 467 g/mol. The fraction of sp³-hybridized carbons (Fsp3) is 0.200. The van der Waals surface area contributed by atoms with Crippen LogP contribution in [0.3, 0.4) is 0 Å². The highest BCUT2D eigenvalue weighted by molar-refractivity contribution is 7.92. The number of nitrogens with zero attached hydrogens (tertiary/aromatic N) is 1. The van der Waals surface area contributed by atoms with Gasteiger partial charge in [-0.05, 0) is 55.8 Å². The third kappa shape index (κ3) is 6.20. The summed E-state index contributed by atoms with van der Waals surface area (Å²) < 4.78 is 31.2. The lowest BCUT2D eigenvalue weighted by Gasteiger charge is -2.23. The zero-order valence-electron chi connectivity index (χ0n) is 18.7. The Bertz CT molecular complexity index is 1240. The zero-order valence-corrected chi connectivity index (χ0v) is 19.6. The Kier molecular flexibility index (Phi) is 7.50. The predicted molar refractivity (Wildman–Crippen MR) is 129 cm³/mol. The van der Waals surface area contributed by atoms with Crippen LogP contribution in [0.1, 0.15) is 38.8 Å². The second-order valence-corrected chi connectivity index (χ2v) is 9.43. The molecule has 3 aromatic rings. The maximum absolute atomic E-state index is 12.8. The van der Waals surface area contributed by atoms with Gasteiger partial charge >= 0.3 is 5.97 Å². The number of esters is 1. The van der Waals surface area contributed by atoms with E-state index in [0.717, 1.165) is 17.4 Å². The number of anilines is 2. The van der Waals surface area contributed by atoms with E-state index in [-0.39, 0.29) is 18.7 Å². The molecular weight excluding hydrogens is 440 g/mol. The number of aryl methyl sites for hydroxylation is 1. The number of nitrogens with one attached hydrogen (secondary N) is 1. The number of carbonyl (C=O) groups excluding carboxylic acids is 2. The van der Waals surface area contributed by atoms with Crippen LogP contribution in [0.5, 0.6) is 0 Å². The van der Waals surface area contributed by atoms with Gasteiger partial charge < -0.3 is 10.1 Å². The van der Waals surface area contributed by atoms with Gasteiger partial charge in [0.15, 0.2) is 0 Å². The van der Waals surface area contributed by atoms with Gasteiger partial charge in [-0.3, -0.25) is 9.10 Å². The number of benzene rings is 3. The summed E-state index contributed by atoms with van der Waals surface area (Å²) in [5.74, 6) is -0.952. The number of rotatable bonds is 8. The highest BCUT2D eigenvalue weighted by Crippen LogP contribution is 2.23. The largest absolute Gasteiger partial charge is 0.462 e. The van der Waals surface area contributed by atoms with E-state index in [2.05, 4.69) is 5.32 Å². The van der Waals surface area contributed by atoms with Crippen LogP contribution >= 0.6 is 0 Å². The summed E-state index contributed by atoms with van der Waals surface area (Å²) in [6.07, 6.45) is 1.15. The van der Waals surface area contributed by atoms with Crippen molar-refractivity contribution in [1.82, 2.24) is 0 Å². The van der Waals surface area contributed by atoms with Crippen LogP contribution in [-0.2, 0) is 21.3 Å². The summed E-state index contributed by atoms with van der Waals surface area (Å²) in [5, 5.41) is 2.72. The third-order valence-corrected chi connectivity index (χ3v) is 6.08. The number of ether oxygens (including phenoxy) is 1. The summed E-state index contributed by atoms with van der Waals surface area (Å²) in [6.45, 7) is 4.08. The Morgan fingerprint density at radius 3 is 2.18 bits per heavy atom. The van der Waals surface area contributed by atoms with E-state index in [1.54, 1.807) is 55.5 Å². The lowest BCUT2D eigenvalue weighted by atomic mass is 10.1. The van der Waals surface area contributed by atoms with E-state index in [0.29, 0.717) is 16.9 Å².